The molecule has 0 aromatic rings. The first-order valence-electron chi connectivity index (χ1n) is 15.4. The highest BCUT2D eigenvalue weighted by Gasteiger charge is 2.70. The van der Waals surface area contributed by atoms with E-state index >= 15 is 0 Å². The van der Waals surface area contributed by atoms with Crippen LogP contribution in [-0.2, 0) is 19.2 Å². The quantitative estimate of drug-likeness (QED) is 0.134. The molecule has 8 N–H and O–H groups in total. The van der Waals surface area contributed by atoms with Gasteiger partial charge in [0.1, 0.15) is 17.8 Å². The number of carboxylic acid groups (broad SMARTS) is 1. The van der Waals surface area contributed by atoms with Crippen molar-refractivity contribution in [2.75, 3.05) is 6.54 Å². The minimum Gasteiger partial charge on any atom is -0.481 e. The van der Waals surface area contributed by atoms with Crippen LogP contribution in [-0.4, -0.2) is 74.6 Å². The minimum absolute atomic E-state index is 0.0718. The van der Waals surface area contributed by atoms with Gasteiger partial charge in [0.05, 0.1) is 12.2 Å². The Morgan fingerprint density at radius 3 is 2.21 bits per heavy atom. The zero-order valence-electron chi connectivity index (χ0n) is 26.4. The summed E-state index contributed by atoms with van der Waals surface area (Å²) in [4.78, 5) is 55.9. The molecule has 11 atom stereocenters. The molecule has 0 bridgehead atoms. The number of carbonyl (C=O) groups excluding carboxylic acids is 3. The van der Waals surface area contributed by atoms with Gasteiger partial charge in [-0.2, -0.15) is 0 Å². The molecular weight excluding hydrogens is 554 g/mol. The smallest absolute Gasteiger partial charge is 0.313 e. The minimum atomic E-state index is -1.70. The fraction of sp³-hybridized carbons (Fsp3) is 0.781. The van der Waals surface area contributed by atoms with Crippen molar-refractivity contribution >= 4 is 29.3 Å². The van der Waals surface area contributed by atoms with Gasteiger partial charge >= 0.3 is 5.97 Å². The number of allylic oxidation sites excluding steroid dienone is 1. The number of ketones is 3. The van der Waals surface area contributed by atoms with Crippen molar-refractivity contribution in [2.24, 2.45) is 67.7 Å². The van der Waals surface area contributed by atoms with Crippen molar-refractivity contribution in [2.45, 2.75) is 98.9 Å². The molecule has 0 aromatic heterocycles. The van der Waals surface area contributed by atoms with Gasteiger partial charge in [-0.3, -0.25) is 24.2 Å². The predicted octanol–water partition coefficient (Wildman–Crippen LogP) is 1.60. The van der Waals surface area contributed by atoms with Crippen LogP contribution >= 0.6 is 0 Å². The zero-order valence-corrected chi connectivity index (χ0v) is 26.4. The van der Waals surface area contributed by atoms with E-state index < -0.39 is 75.4 Å². The molecule has 0 spiro atoms. The predicted molar refractivity (Wildman–Crippen MR) is 158 cm³/mol. The van der Waals surface area contributed by atoms with Crippen molar-refractivity contribution in [3.8, 4) is 0 Å². The molecule has 240 valence electrons. The van der Waals surface area contributed by atoms with Crippen LogP contribution in [0.5, 0.6) is 0 Å². The Balaban J connectivity index is 1.82. The fourth-order valence-electron chi connectivity index (χ4n) is 9.78. The number of guanidine groups is 1. The molecule has 11 heteroatoms. The van der Waals surface area contributed by atoms with Crippen molar-refractivity contribution in [3.05, 3.63) is 11.1 Å². The molecule has 0 amide bonds. The number of aliphatic carboxylic acids is 1. The highest BCUT2D eigenvalue weighted by Crippen LogP contribution is 2.71. The number of aliphatic hydroxyl groups excluding tert-OH is 3. The van der Waals surface area contributed by atoms with Gasteiger partial charge in [0.2, 0.25) is 0 Å². The monoisotopic (exact) mass is 603 g/mol. The molecule has 0 radical (unpaired) electrons. The summed E-state index contributed by atoms with van der Waals surface area (Å²) in [5.74, 6) is -6.03. The van der Waals surface area contributed by atoms with Crippen LogP contribution in [0.3, 0.4) is 0 Å². The van der Waals surface area contributed by atoms with Crippen molar-refractivity contribution < 1.29 is 39.6 Å². The highest BCUT2D eigenvalue weighted by atomic mass is 16.4. The first-order chi connectivity index (χ1) is 19.7. The third-order valence-corrected chi connectivity index (χ3v) is 12.7. The van der Waals surface area contributed by atoms with Gasteiger partial charge in [0, 0.05) is 47.1 Å². The van der Waals surface area contributed by atoms with E-state index in [1.165, 1.54) is 6.92 Å². The Labute approximate surface area is 253 Å². The number of aliphatic hydroxyl groups is 3. The summed E-state index contributed by atoms with van der Waals surface area (Å²) < 4.78 is 0. The van der Waals surface area contributed by atoms with Gasteiger partial charge in [-0.1, -0.05) is 41.5 Å². The molecule has 0 unspecified atom stereocenters. The van der Waals surface area contributed by atoms with Crippen LogP contribution in [0.25, 0.3) is 0 Å². The van der Waals surface area contributed by atoms with Crippen molar-refractivity contribution in [3.63, 3.8) is 0 Å². The summed E-state index contributed by atoms with van der Waals surface area (Å²) in [6.45, 7) is 12.5. The Kier molecular flexibility index (Phi) is 8.33. The average Bonchev–Trinajstić information content (AvgIpc) is 3.11. The molecule has 43 heavy (non-hydrogen) atoms. The number of fused-ring (bicyclic) bond motifs is 4. The number of nitrogens with zero attached hydrogens (tertiary/aromatic N) is 1. The van der Waals surface area contributed by atoms with Crippen LogP contribution < -0.4 is 11.5 Å². The van der Waals surface area contributed by atoms with Crippen LogP contribution in [0.2, 0.25) is 0 Å². The number of rotatable bonds is 8. The first-order valence-corrected chi connectivity index (χ1v) is 15.4. The third kappa shape index (κ3) is 4.68. The summed E-state index contributed by atoms with van der Waals surface area (Å²) >= 11 is 0. The zero-order chi connectivity index (χ0) is 32.6. The van der Waals surface area contributed by atoms with Crippen LogP contribution in [0.4, 0.5) is 0 Å². The number of hydrogen-bond donors (Lipinski definition) is 6. The maximum Gasteiger partial charge on any atom is 0.313 e. The molecule has 0 saturated heterocycles. The van der Waals surface area contributed by atoms with E-state index in [4.69, 9.17) is 11.5 Å². The standard InChI is InChI=1S/C32H49N3O8/c1-14(16(13-35-28(33)34)26(41)25(40)15(2)27(42)43)17-10-22(39)32(7)24-18(36)11-20-29(3,4)21(38)8-9-30(20,5)23(24)19(37)12-31(17,32)6/h14-18,20,22,26,36,39,41H,8-13H2,1-7H3,(H,42,43)(H4,33,34,35)/t14-,15-,16+,17-,18-,20-,22+,26+,30+,31-,32+/m1/s1. The van der Waals surface area contributed by atoms with Gasteiger partial charge in [-0.15, -0.1) is 0 Å². The summed E-state index contributed by atoms with van der Waals surface area (Å²) in [5, 5.41) is 44.2. The molecule has 0 heterocycles. The molecule has 4 rings (SSSR count). The van der Waals surface area contributed by atoms with E-state index in [1.54, 1.807) is 0 Å². The average molecular weight is 604 g/mol. The first kappa shape index (κ1) is 33.3. The van der Waals surface area contributed by atoms with E-state index in [9.17, 15) is 39.6 Å². The van der Waals surface area contributed by atoms with Gasteiger partial charge in [-0.05, 0) is 54.9 Å². The SMILES string of the molecule is C[C@@H](C(=O)O)C(=O)[C@@H](O)[C@@H](CN=C(N)N)[C@@H](C)[C@H]1C[C@H](O)[C@@]2(C)C3=C(C(=O)C[C@]12C)[C@@]1(C)CCC(=O)C(C)(C)[C@H]1C[C@H]3O. The lowest BCUT2D eigenvalue weighted by atomic mass is 9.42. The van der Waals surface area contributed by atoms with Crippen molar-refractivity contribution in [1.82, 2.24) is 0 Å². The molecule has 2 fully saturated rings. The summed E-state index contributed by atoms with van der Waals surface area (Å²) in [5.41, 5.74) is 9.01. The second kappa shape index (κ2) is 10.8. The van der Waals surface area contributed by atoms with Gasteiger partial charge < -0.3 is 31.9 Å². The maximum atomic E-state index is 14.3. The van der Waals surface area contributed by atoms with E-state index in [0.29, 0.717) is 30.4 Å². The number of Topliss-reactive ketones (excluding diaryl/α,β-unsaturated/α-hetero) is 3. The Hall–Kier alpha value is -2.63. The second-order valence-electron chi connectivity index (χ2n) is 14.9. The number of nitrogens with two attached hydrogens (primary N) is 2. The van der Waals surface area contributed by atoms with E-state index in [1.807, 2.05) is 41.5 Å². The lowest BCUT2D eigenvalue weighted by molar-refractivity contribution is -0.150. The summed E-state index contributed by atoms with van der Waals surface area (Å²) in [6, 6.07) is 0. The summed E-state index contributed by atoms with van der Waals surface area (Å²) in [7, 11) is 0. The Morgan fingerprint density at radius 2 is 1.65 bits per heavy atom. The molecular formula is C32H49N3O8. The molecule has 0 aliphatic heterocycles. The number of aliphatic imine (C=N–C) groups is 1. The molecule has 4 aliphatic rings. The number of carboxylic acids is 1. The fourth-order valence-corrected chi connectivity index (χ4v) is 9.78. The van der Waals surface area contributed by atoms with E-state index in [2.05, 4.69) is 4.99 Å². The largest absolute Gasteiger partial charge is 0.481 e. The normalized spacial score (nSPS) is 39.6. The highest BCUT2D eigenvalue weighted by molar-refractivity contribution is 6.01. The number of carbonyl (C=O) groups is 4. The van der Waals surface area contributed by atoms with Gasteiger partial charge in [0.25, 0.3) is 0 Å². The molecule has 0 aromatic carbocycles. The van der Waals surface area contributed by atoms with E-state index in [-0.39, 0.29) is 42.8 Å². The van der Waals surface area contributed by atoms with Crippen LogP contribution in [0.15, 0.2) is 16.1 Å². The Morgan fingerprint density at radius 1 is 1.05 bits per heavy atom. The topological polar surface area (TPSA) is 214 Å². The number of hydrogen-bond acceptors (Lipinski definition) is 8. The van der Waals surface area contributed by atoms with Gasteiger partial charge in [0.15, 0.2) is 17.5 Å². The summed E-state index contributed by atoms with van der Waals surface area (Å²) in [6.07, 6.45) is -2.26. The second-order valence-corrected chi connectivity index (χ2v) is 14.9. The lowest BCUT2D eigenvalue weighted by Crippen LogP contribution is -2.60. The molecule has 2 saturated carbocycles. The maximum absolute atomic E-state index is 14.3. The van der Waals surface area contributed by atoms with Crippen LogP contribution in [0.1, 0.15) is 80.6 Å². The third-order valence-electron chi connectivity index (χ3n) is 12.7. The van der Waals surface area contributed by atoms with E-state index in [0.717, 1.165) is 0 Å². The van der Waals surface area contributed by atoms with Crippen molar-refractivity contribution in [1.29, 1.82) is 0 Å². The molecule has 11 nitrogen and oxygen atoms in total. The lowest BCUT2D eigenvalue weighted by Gasteiger charge is -2.61. The van der Waals surface area contributed by atoms with Crippen LogP contribution in [0, 0.1) is 51.2 Å². The Bertz CT molecular complexity index is 1290. The van der Waals surface area contributed by atoms with Gasteiger partial charge in [-0.25, -0.2) is 0 Å². The molecule has 4 aliphatic carbocycles.